The van der Waals surface area contributed by atoms with Crippen molar-refractivity contribution in [3.05, 3.63) is 34.9 Å². The maximum absolute atomic E-state index is 12.8. The van der Waals surface area contributed by atoms with Crippen LogP contribution in [0, 0.1) is 13.8 Å². The second kappa shape index (κ2) is 5.66. The first-order valence-electron chi connectivity index (χ1n) is 7.67. The molecule has 2 saturated heterocycles. The summed E-state index contributed by atoms with van der Waals surface area (Å²) in [5.41, 5.74) is 2.71. The van der Waals surface area contributed by atoms with E-state index in [1.165, 1.54) is 0 Å². The fourth-order valence-corrected chi connectivity index (χ4v) is 5.05. The van der Waals surface area contributed by atoms with Crippen molar-refractivity contribution in [1.82, 2.24) is 9.80 Å². The monoisotopic (exact) mass is 322 g/mol. The topological polar surface area (TPSA) is 57.7 Å². The van der Waals surface area contributed by atoms with Crippen LogP contribution in [-0.2, 0) is 9.84 Å². The maximum atomic E-state index is 12.8. The van der Waals surface area contributed by atoms with E-state index < -0.39 is 9.84 Å². The van der Waals surface area contributed by atoms with Crippen LogP contribution in [0.2, 0.25) is 0 Å². The van der Waals surface area contributed by atoms with E-state index >= 15 is 0 Å². The third-order valence-corrected chi connectivity index (χ3v) is 6.42. The Labute approximate surface area is 131 Å². The lowest BCUT2D eigenvalue weighted by Crippen LogP contribution is -2.60. The lowest BCUT2D eigenvalue weighted by molar-refractivity contribution is 0.0520. The molecule has 0 aliphatic carbocycles. The molecule has 0 bridgehead atoms. The number of aryl methyl sites for hydroxylation is 2. The third kappa shape index (κ3) is 2.90. The van der Waals surface area contributed by atoms with Crippen molar-refractivity contribution in [2.45, 2.75) is 19.9 Å². The highest BCUT2D eigenvalue weighted by Crippen LogP contribution is 2.21. The van der Waals surface area contributed by atoms with E-state index in [0.717, 1.165) is 23.2 Å². The van der Waals surface area contributed by atoms with Gasteiger partial charge in [0.2, 0.25) is 0 Å². The van der Waals surface area contributed by atoms with Crippen molar-refractivity contribution in [1.29, 1.82) is 0 Å². The molecule has 1 atom stereocenters. The number of piperazine rings is 1. The fourth-order valence-electron chi connectivity index (χ4n) is 3.47. The molecule has 0 aromatic heterocycles. The van der Waals surface area contributed by atoms with Crippen LogP contribution in [0.5, 0.6) is 0 Å². The van der Waals surface area contributed by atoms with Gasteiger partial charge < -0.3 is 4.90 Å². The Morgan fingerprint density at radius 1 is 1.14 bits per heavy atom. The van der Waals surface area contributed by atoms with Crippen LogP contribution in [0.4, 0.5) is 0 Å². The van der Waals surface area contributed by atoms with Gasteiger partial charge in [-0.15, -0.1) is 0 Å². The van der Waals surface area contributed by atoms with Gasteiger partial charge in [-0.25, -0.2) is 8.42 Å². The summed E-state index contributed by atoms with van der Waals surface area (Å²) in [5.74, 6) is 0.441. The lowest BCUT2D eigenvalue weighted by Gasteiger charge is -2.43. The number of hydrogen-bond donors (Lipinski definition) is 0. The van der Waals surface area contributed by atoms with Gasteiger partial charge in [0, 0.05) is 37.8 Å². The quantitative estimate of drug-likeness (QED) is 0.769. The summed E-state index contributed by atoms with van der Waals surface area (Å²) in [5, 5.41) is 0. The molecule has 22 heavy (non-hydrogen) atoms. The van der Waals surface area contributed by atoms with E-state index in [9.17, 15) is 13.2 Å². The van der Waals surface area contributed by atoms with Crippen LogP contribution in [0.1, 0.15) is 21.5 Å². The number of nitrogens with zero attached hydrogens (tertiary/aromatic N) is 2. The van der Waals surface area contributed by atoms with Crippen molar-refractivity contribution in [3.8, 4) is 0 Å². The van der Waals surface area contributed by atoms with Gasteiger partial charge in [-0.3, -0.25) is 9.69 Å². The molecular weight excluding hydrogens is 300 g/mol. The molecule has 1 aromatic carbocycles. The normalized spacial score (nSPS) is 24.8. The third-order valence-electron chi connectivity index (χ3n) is 4.72. The van der Waals surface area contributed by atoms with Crippen molar-refractivity contribution >= 4 is 15.7 Å². The molecule has 0 saturated carbocycles. The first-order valence-corrected chi connectivity index (χ1v) is 9.49. The van der Waals surface area contributed by atoms with Crippen LogP contribution < -0.4 is 0 Å². The van der Waals surface area contributed by atoms with Crippen molar-refractivity contribution in [3.63, 3.8) is 0 Å². The molecule has 1 unspecified atom stereocenters. The van der Waals surface area contributed by atoms with E-state index in [2.05, 4.69) is 4.90 Å². The summed E-state index contributed by atoms with van der Waals surface area (Å²) in [6.07, 6.45) is 0. The Bertz CT molecular complexity index is 679. The van der Waals surface area contributed by atoms with Gasteiger partial charge in [-0.1, -0.05) is 18.2 Å². The Morgan fingerprint density at radius 3 is 2.50 bits per heavy atom. The zero-order valence-corrected chi connectivity index (χ0v) is 13.9. The minimum Gasteiger partial charge on any atom is -0.336 e. The minimum atomic E-state index is -2.96. The SMILES string of the molecule is Cc1cccc(C)c1C(=O)N1CCN2CCS(=O)(=O)CC2C1. The fraction of sp³-hybridized carbons (Fsp3) is 0.562. The van der Waals surface area contributed by atoms with Gasteiger partial charge >= 0.3 is 0 Å². The molecule has 0 N–H and O–H groups in total. The highest BCUT2D eigenvalue weighted by Gasteiger charge is 2.37. The number of carbonyl (C=O) groups is 1. The Kier molecular flexibility index (Phi) is 3.99. The molecule has 2 aliphatic heterocycles. The Balaban J connectivity index is 1.80. The van der Waals surface area contributed by atoms with Crippen molar-refractivity contribution in [2.24, 2.45) is 0 Å². The maximum Gasteiger partial charge on any atom is 0.254 e. The molecule has 0 spiro atoms. The second-order valence-electron chi connectivity index (χ2n) is 6.32. The molecule has 6 heteroatoms. The van der Waals surface area contributed by atoms with Gasteiger partial charge in [0.05, 0.1) is 11.5 Å². The Morgan fingerprint density at radius 2 is 1.82 bits per heavy atom. The first-order chi connectivity index (χ1) is 10.4. The number of sulfone groups is 1. The van der Waals surface area contributed by atoms with Crippen LogP contribution >= 0.6 is 0 Å². The number of benzene rings is 1. The summed E-state index contributed by atoms with van der Waals surface area (Å²) in [6.45, 7) is 6.42. The van der Waals surface area contributed by atoms with E-state index in [0.29, 0.717) is 19.6 Å². The van der Waals surface area contributed by atoms with E-state index in [-0.39, 0.29) is 23.5 Å². The van der Waals surface area contributed by atoms with Gasteiger partial charge in [0.25, 0.3) is 5.91 Å². The zero-order valence-electron chi connectivity index (χ0n) is 13.1. The predicted molar refractivity (Wildman–Crippen MR) is 85.8 cm³/mol. The highest BCUT2D eigenvalue weighted by atomic mass is 32.2. The average molecular weight is 322 g/mol. The van der Waals surface area contributed by atoms with Crippen LogP contribution in [0.15, 0.2) is 18.2 Å². The Hall–Kier alpha value is -1.40. The van der Waals surface area contributed by atoms with Crippen molar-refractivity contribution < 1.29 is 13.2 Å². The molecule has 120 valence electrons. The summed E-state index contributed by atoms with van der Waals surface area (Å²) in [6, 6.07) is 5.79. The van der Waals surface area contributed by atoms with Gasteiger partial charge in [0.15, 0.2) is 9.84 Å². The summed E-state index contributed by atoms with van der Waals surface area (Å²) < 4.78 is 23.7. The van der Waals surface area contributed by atoms with Gasteiger partial charge in [-0.2, -0.15) is 0 Å². The van der Waals surface area contributed by atoms with E-state index in [4.69, 9.17) is 0 Å². The summed E-state index contributed by atoms with van der Waals surface area (Å²) in [7, 11) is -2.96. The first kappa shape index (κ1) is 15.5. The minimum absolute atomic E-state index is 0.0261. The number of rotatable bonds is 1. The smallest absolute Gasteiger partial charge is 0.254 e. The van der Waals surface area contributed by atoms with Gasteiger partial charge in [0.1, 0.15) is 0 Å². The molecule has 2 heterocycles. The summed E-state index contributed by atoms with van der Waals surface area (Å²) in [4.78, 5) is 16.9. The number of hydrogen-bond acceptors (Lipinski definition) is 4. The summed E-state index contributed by atoms with van der Waals surface area (Å²) >= 11 is 0. The average Bonchev–Trinajstić information content (AvgIpc) is 2.45. The molecule has 1 aromatic rings. The second-order valence-corrected chi connectivity index (χ2v) is 8.55. The largest absolute Gasteiger partial charge is 0.336 e. The lowest BCUT2D eigenvalue weighted by atomic mass is 10.0. The molecule has 3 rings (SSSR count). The van der Waals surface area contributed by atoms with Crippen molar-refractivity contribution in [2.75, 3.05) is 37.7 Å². The number of amides is 1. The van der Waals surface area contributed by atoms with E-state index in [1.807, 2.05) is 36.9 Å². The van der Waals surface area contributed by atoms with E-state index in [1.54, 1.807) is 0 Å². The molecule has 2 fully saturated rings. The molecule has 1 amide bonds. The van der Waals surface area contributed by atoms with Crippen LogP contribution in [-0.4, -0.2) is 67.9 Å². The van der Waals surface area contributed by atoms with Gasteiger partial charge in [-0.05, 0) is 25.0 Å². The highest BCUT2D eigenvalue weighted by molar-refractivity contribution is 7.91. The predicted octanol–water partition coefficient (Wildman–Crippen LogP) is 0.858. The molecular formula is C16H22N2O3S. The number of carbonyl (C=O) groups excluding carboxylic acids is 1. The molecule has 2 aliphatic rings. The standard InChI is InChI=1S/C16H22N2O3S/c1-12-4-3-5-13(2)15(12)16(19)18-7-6-17-8-9-22(20,21)11-14(17)10-18/h3-5,14H,6-11H2,1-2H3. The van der Waals surface area contributed by atoms with Crippen LogP contribution in [0.3, 0.4) is 0 Å². The molecule has 5 nitrogen and oxygen atoms in total. The molecule has 0 radical (unpaired) electrons. The zero-order chi connectivity index (χ0) is 15.9. The number of fused-ring (bicyclic) bond motifs is 1. The van der Waals surface area contributed by atoms with Crippen LogP contribution in [0.25, 0.3) is 0 Å².